The van der Waals surface area contributed by atoms with Crippen molar-refractivity contribution in [3.05, 3.63) is 54.9 Å². The lowest BCUT2D eigenvalue weighted by molar-refractivity contribution is -0.274. The summed E-state index contributed by atoms with van der Waals surface area (Å²) >= 11 is 0. The van der Waals surface area contributed by atoms with Gasteiger partial charge in [0, 0.05) is 31.4 Å². The minimum atomic E-state index is -4.83. The van der Waals surface area contributed by atoms with Gasteiger partial charge in [0.05, 0.1) is 5.69 Å². The van der Waals surface area contributed by atoms with Gasteiger partial charge in [-0.15, -0.1) is 23.4 Å². The highest BCUT2D eigenvalue weighted by atomic mass is 19.4. The second-order valence-corrected chi connectivity index (χ2v) is 6.99. The number of rotatable bonds is 5. The summed E-state index contributed by atoms with van der Waals surface area (Å²) < 4.78 is 43.3. The molecule has 0 saturated carbocycles. The molecule has 0 spiro atoms. The van der Waals surface area contributed by atoms with Gasteiger partial charge in [0.25, 0.3) is 0 Å². The Morgan fingerprint density at radius 2 is 1.74 bits per heavy atom. The van der Waals surface area contributed by atoms with Crippen molar-refractivity contribution in [2.45, 2.75) is 19.2 Å². The van der Waals surface area contributed by atoms with Crippen LogP contribution >= 0.6 is 0 Å². The first-order valence-corrected chi connectivity index (χ1v) is 9.63. The molecule has 8 nitrogen and oxygen atoms in total. The maximum absolute atomic E-state index is 12.6. The van der Waals surface area contributed by atoms with Crippen molar-refractivity contribution in [1.82, 2.24) is 20.0 Å². The van der Waals surface area contributed by atoms with Gasteiger partial charge in [-0.2, -0.15) is 5.10 Å². The number of ether oxygens (including phenoxy) is 1. The lowest BCUT2D eigenvalue weighted by Crippen LogP contribution is -2.38. The largest absolute Gasteiger partial charge is 0.573 e. The zero-order valence-corrected chi connectivity index (χ0v) is 16.3. The highest BCUT2D eigenvalue weighted by Gasteiger charge is 2.33. The van der Waals surface area contributed by atoms with E-state index < -0.39 is 12.1 Å². The summed E-state index contributed by atoms with van der Waals surface area (Å²) in [7, 11) is 0. The molecule has 3 heterocycles. The first-order chi connectivity index (χ1) is 14.9. The van der Waals surface area contributed by atoms with Gasteiger partial charge in [0.1, 0.15) is 0 Å². The van der Waals surface area contributed by atoms with Gasteiger partial charge in [0.2, 0.25) is 5.91 Å². The van der Waals surface area contributed by atoms with Crippen molar-refractivity contribution in [1.29, 1.82) is 0 Å². The summed E-state index contributed by atoms with van der Waals surface area (Å²) in [5, 5.41) is 15.1. The minimum Gasteiger partial charge on any atom is -0.404 e. The first kappa shape index (κ1) is 20.6. The standard InChI is InChI=1S/C20H19F3N6O2/c21-20(22,23)31-16-5-2-1-4-15(16)25-19(30)14-8-12-28(13-9-14)17-6-7-18(27-26-17)29-11-3-10-24-29/h1-7,10-11,14H,8-9,12-13H2,(H,25,30). The minimum absolute atomic E-state index is 0.00710. The van der Waals surface area contributed by atoms with Crippen LogP contribution in [0.15, 0.2) is 54.9 Å². The number of piperidine rings is 1. The second-order valence-electron chi connectivity index (χ2n) is 6.99. The molecule has 4 rings (SSSR count). The fraction of sp³-hybridized carbons (Fsp3) is 0.300. The summed E-state index contributed by atoms with van der Waals surface area (Å²) in [6.07, 6.45) is -0.335. The molecule has 1 aliphatic rings. The molecule has 0 unspecified atom stereocenters. The van der Waals surface area contributed by atoms with Crippen molar-refractivity contribution < 1.29 is 22.7 Å². The van der Waals surface area contributed by atoms with Crippen LogP contribution < -0.4 is 15.0 Å². The van der Waals surface area contributed by atoms with Crippen LogP contribution in [0.25, 0.3) is 5.82 Å². The molecule has 3 aromatic rings. The number of anilines is 2. The molecule has 1 aliphatic heterocycles. The number of aromatic nitrogens is 4. The molecule has 0 bridgehead atoms. The fourth-order valence-electron chi connectivity index (χ4n) is 3.40. The molecule has 0 atom stereocenters. The summed E-state index contributed by atoms with van der Waals surface area (Å²) in [5.74, 6) is 0.194. The molecule has 0 radical (unpaired) electrons. The van der Waals surface area contributed by atoms with Crippen molar-refractivity contribution in [3.63, 3.8) is 0 Å². The monoisotopic (exact) mass is 432 g/mol. The van der Waals surface area contributed by atoms with E-state index in [1.807, 2.05) is 17.0 Å². The number of alkyl halides is 3. The number of benzene rings is 1. The molecule has 2 aromatic heterocycles. The van der Waals surface area contributed by atoms with Gasteiger partial charge in [-0.25, -0.2) is 4.68 Å². The van der Waals surface area contributed by atoms with E-state index in [1.54, 1.807) is 23.1 Å². The molecule has 1 saturated heterocycles. The average Bonchev–Trinajstić information content (AvgIpc) is 3.29. The van der Waals surface area contributed by atoms with E-state index in [9.17, 15) is 18.0 Å². The number of amides is 1. The van der Waals surface area contributed by atoms with Crippen LogP contribution in [0.2, 0.25) is 0 Å². The molecule has 1 fully saturated rings. The van der Waals surface area contributed by atoms with Gasteiger partial charge < -0.3 is 15.0 Å². The summed E-state index contributed by atoms with van der Waals surface area (Å²) in [4.78, 5) is 14.6. The Morgan fingerprint density at radius 1 is 1.03 bits per heavy atom. The number of carbonyl (C=O) groups excluding carboxylic acids is 1. The van der Waals surface area contributed by atoms with Gasteiger partial charge >= 0.3 is 6.36 Å². The lowest BCUT2D eigenvalue weighted by atomic mass is 9.95. The number of nitrogens with one attached hydrogen (secondary N) is 1. The van der Waals surface area contributed by atoms with Gasteiger partial charge in [-0.1, -0.05) is 12.1 Å². The predicted molar refractivity (Wildman–Crippen MR) is 106 cm³/mol. The molecule has 1 aromatic carbocycles. The predicted octanol–water partition coefficient (Wildman–Crippen LogP) is 3.42. The quantitative estimate of drug-likeness (QED) is 0.665. The first-order valence-electron chi connectivity index (χ1n) is 9.63. The van der Waals surface area contributed by atoms with Crippen LogP contribution in [0.4, 0.5) is 24.7 Å². The second kappa shape index (κ2) is 8.62. The topological polar surface area (TPSA) is 85.2 Å². The third-order valence-electron chi connectivity index (χ3n) is 4.94. The Balaban J connectivity index is 1.34. The van der Waals surface area contributed by atoms with Crippen molar-refractivity contribution in [3.8, 4) is 11.6 Å². The van der Waals surface area contributed by atoms with E-state index in [1.165, 1.54) is 18.2 Å². The summed E-state index contributed by atoms with van der Waals surface area (Å²) in [6.45, 7) is 1.16. The SMILES string of the molecule is O=C(Nc1ccccc1OC(F)(F)F)C1CCN(c2ccc(-n3cccn3)nn2)CC1. The Kier molecular flexibility index (Phi) is 5.74. The highest BCUT2D eigenvalue weighted by molar-refractivity contribution is 5.94. The number of para-hydroxylation sites is 2. The Labute approximate surface area is 175 Å². The Hall–Kier alpha value is -3.63. The van der Waals surface area contributed by atoms with Crippen molar-refractivity contribution in [2.24, 2.45) is 5.92 Å². The fourth-order valence-corrected chi connectivity index (χ4v) is 3.40. The smallest absolute Gasteiger partial charge is 0.404 e. The van der Waals surface area contributed by atoms with Crippen molar-refractivity contribution >= 4 is 17.4 Å². The number of carbonyl (C=O) groups is 1. The van der Waals surface area contributed by atoms with Crippen LogP contribution in [-0.2, 0) is 4.79 Å². The Morgan fingerprint density at radius 3 is 2.39 bits per heavy atom. The zero-order chi connectivity index (χ0) is 21.8. The van der Waals surface area contributed by atoms with Crippen LogP contribution in [-0.4, -0.2) is 45.3 Å². The average molecular weight is 432 g/mol. The molecule has 1 N–H and O–H groups in total. The third kappa shape index (κ3) is 5.11. The number of hydrogen-bond donors (Lipinski definition) is 1. The Bertz CT molecular complexity index is 1020. The molecule has 11 heteroatoms. The normalized spacial score (nSPS) is 15.0. The molecular weight excluding hydrogens is 413 g/mol. The molecule has 1 amide bonds. The van der Waals surface area contributed by atoms with E-state index in [-0.39, 0.29) is 17.5 Å². The van der Waals surface area contributed by atoms with Crippen LogP contribution in [0.1, 0.15) is 12.8 Å². The summed E-state index contributed by atoms with van der Waals surface area (Å²) in [6, 6.07) is 10.9. The molecule has 31 heavy (non-hydrogen) atoms. The van der Waals surface area contributed by atoms with Gasteiger partial charge in [-0.3, -0.25) is 4.79 Å². The van der Waals surface area contributed by atoms with E-state index in [0.29, 0.717) is 37.6 Å². The van der Waals surface area contributed by atoms with E-state index >= 15 is 0 Å². The molecule has 0 aliphatic carbocycles. The zero-order valence-electron chi connectivity index (χ0n) is 16.3. The molecular formula is C20H19F3N6O2. The number of hydrogen-bond acceptors (Lipinski definition) is 6. The lowest BCUT2D eigenvalue weighted by Gasteiger charge is -2.31. The number of nitrogens with zero attached hydrogens (tertiary/aromatic N) is 5. The van der Waals surface area contributed by atoms with E-state index in [0.717, 1.165) is 6.07 Å². The maximum Gasteiger partial charge on any atom is 0.573 e. The van der Waals surface area contributed by atoms with Crippen LogP contribution in [0.5, 0.6) is 5.75 Å². The maximum atomic E-state index is 12.6. The van der Waals surface area contributed by atoms with Crippen molar-refractivity contribution in [2.75, 3.05) is 23.3 Å². The highest BCUT2D eigenvalue weighted by Crippen LogP contribution is 2.31. The van der Waals surface area contributed by atoms with Crippen LogP contribution in [0, 0.1) is 5.92 Å². The van der Waals surface area contributed by atoms with Gasteiger partial charge in [-0.05, 0) is 43.2 Å². The summed E-state index contributed by atoms with van der Waals surface area (Å²) in [5.41, 5.74) is -0.00710. The van der Waals surface area contributed by atoms with E-state index in [2.05, 4.69) is 25.3 Å². The van der Waals surface area contributed by atoms with Gasteiger partial charge in [0.15, 0.2) is 17.4 Å². The van der Waals surface area contributed by atoms with Crippen LogP contribution in [0.3, 0.4) is 0 Å². The van der Waals surface area contributed by atoms with E-state index in [4.69, 9.17) is 0 Å². The third-order valence-corrected chi connectivity index (χ3v) is 4.94. The number of halogens is 3. The molecule has 162 valence electrons.